The lowest BCUT2D eigenvalue weighted by Gasteiger charge is -2.38. The highest BCUT2D eigenvalue weighted by molar-refractivity contribution is 5.76. The lowest BCUT2D eigenvalue weighted by atomic mass is 9.88. The fraction of sp³-hybridized carbons (Fsp3) is 0.611. The summed E-state index contributed by atoms with van der Waals surface area (Å²) in [7, 11) is 0. The van der Waals surface area contributed by atoms with E-state index in [0.29, 0.717) is 12.3 Å². The van der Waals surface area contributed by atoms with Gasteiger partial charge in [-0.05, 0) is 44.4 Å². The Labute approximate surface area is 133 Å². The number of amides is 1. The largest absolute Gasteiger partial charge is 0.487 e. The van der Waals surface area contributed by atoms with Crippen molar-refractivity contribution in [1.29, 1.82) is 0 Å². The minimum absolute atomic E-state index is 0.0244. The van der Waals surface area contributed by atoms with E-state index < -0.39 is 0 Å². The summed E-state index contributed by atoms with van der Waals surface area (Å²) in [5.74, 6) is 1.29. The lowest BCUT2D eigenvalue weighted by molar-refractivity contribution is -0.123. The summed E-state index contributed by atoms with van der Waals surface area (Å²) >= 11 is 0. The Balaban J connectivity index is 2.30. The molecule has 0 aliphatic carbocycles. The second-order valence-electron chi connectivity index (χ2n) is 7.37. The predicted molar refractivity (Wildman–Crippen MR) is 88.7 cm³/mol. The van der Waals surface area contributed by atoms with E-state index in [-0.39, 0.29) is 23.6 Å². The minimum atomic E-state index is -0.293. The third kappa shape index (κ3) is 4.01. The Hall–Kier alpha value is -1.55. The van der Waals surface area contributed by atoms with Gasteiger partial charge < -0.3 is 15.8 Å². The first-order valence-corrected chi connectivity index (χ1v) is 8.06. The molecule has 0 radical (unpaired) electrons. The first-order chi connectivity index (χ1) is 10.2. The van der Waals surface area contributed by atoms with Crippen LogP contribution in [0.15, 0.2) is 18.2 Å². The zero-order valence-corrected chi connectivity index (χ0v) is 14.3. The van der Waals surface area contributed by atoms with Gasteiger partial charge in [-0.25, -0.2) is 0 Å². The van der Waals surface area contributed by atoms with Crippen molar-refractivity contribution in [2.24, 2.45) is 11.7 Å². The second-order valence-corrected chi connectivity index (χ2v) is 7.37. The zero-order chi connectivity index (χ0) is 16.5. The van der Waals surface area contributed by atoms with Crippen LogP contribution in [0.25, 0.3) is 0 Å². The van der Waals surface area contributed by atoms with Crippen LogP contribution in [0.3, 0.4) is 0 Å². The summed E-state index contributed by atoms with van der Waals surface area (Å²) in [5, 5.41) is 3.17. The van der Waals surface area contributed by atoms with E-state index in [0.717, 1.165) is 23.3 Å². The highest BCUT2D eigenvalue weighted by atomic mass is 16.5. The highest BCUT2D eigenvalue weighted by Crippen LogP contribution is 2.40. The van der Waals surface area contributed by atoms with Crippen LogP contribution in [-0.4, -0.2) is 11.5 Å². The summed E-state index contributed by atoms with van der Waals surface area (Å²) in [6.45, 7) is 10.2. The Kier molecular flexibility index (Phi) is 4.81. The Morgan fingerprint density at radius 3 is 2.68 bits per heavy atom. The Bertz CT molecular complexity index is 550. The molecule has 0 fully saturated rings. The van der Waals surface area contributed by atoms with Crippen molar-refractivity contribution in [1.82, 2.24) is 5.32 Å². The maximum atomic E-state index is 12.2. The van der Waals surface area contributed by atoms with Crippen LogP contribution in [0.5, 0.6) is 5.75 Å². The van der Waals surface area contributed by atoms with Crippen LogP contribution in [0, 0.1) is 5.92 Å². The molecule has 0 bridgehead atoms. The van der Waals surface area contributed by atoms with E-state index in [4.69, 9.17) is 10.5 Å². The topological polar surface area (TPSA) is 64.3 Å². The van der Waals surface area contributed by atoms with Gasteiger partial charge in [0, 0.05) is 24.4 Å². The molecule has 22 heavy (non-hydrogen) atoms. The number of carbonyl (C=O) groups excluding carboxylic acids is 1. The molecule has 0 aromatic heterocycles. The average molecular weight is 304 g/mol. The SMILES string of the molecule is CC(C)CC(=O)NC1CC(C)(C)Oc2ccc(C(C)N)cc21. The highest BCUT2D eigenvalue weighted by Gasteiger charge is 2.34. The molecule has 0 saturated carbocycles. The molecule has 1 aromatic rings. The van der Waals surface area contributed by atoms with Crippen molar-refractivity contribution >= 4 is 5.91 Å². The standard InChI is InChI=1S/C18H28N2O2/c1-11(2)8-17(21)20-15-10-18(4,5)22-16-7-6-13(12(3)19)9-14(15)16/h6-7,9,11-12,15H,8,10,19H2,1-5H3,(H,20,21). The van der Waals surface area contributed by atoms with Gasteiger partial charge in [0.2, 0.25) is 5.91 Å². The summed E-state index contributed by atoms with van der Waals surface area (Å²) in [6, 6.07) is 5.97. The molecule has 1 aliphatic rings. The predicted octanol–water partition coefficient (Wildman–Crippen LogP) is 3.47. The van der Waals surface area contributed by atoms with Crippen LogP contribution in [-0.2, 0) is 4.79 Å². The van der Waals surface area contributed by atoms with Crippen molar-refractivity contribution < 1.29 is 9.53 Å². The van der Waals surface area contributed by atoms with Gasteiger partial charge in [0.25, 0.3) is 0 Å². The molecule has 0 spiro atoms. The molecule has 3 N–H and O–H groups in total. The summed E-state index contributed by atoms with van der Waals surface area (Å²) in [6.07, 6.45) is 1.30. The number of benzene rings is 1. The van der Waals surface area contributed by atoms with E-state index in [1.165, 1.54) is 0 Å². The molecule has 4 heteroatoms. The van der Waals surface area contributed by atoms with Crippen LogP contribution in [0.4, 0.5) is 0 Å². The third-order valence-corrected chi connectivity index (χ3v) is 3.95. The second kappa shape index (κ2) is 6.29. The van der Waals surface area contributed by atoms with Gasteiger partial charge in [0.15, 0.2) is 0 Å². The lowest BCUT2D eigenvalue weighted by Crippen LogP contribution is -2.41. The third-order valence-electron chi connectivity index (χ3n) is 3.95. The van der Waals surface area contributed by atoms with Crippen molar-refractivity contribution in [2.75, 3.05) is 0 Å². The zero-order valence-electron chi connectivity index (χ0n) is 14.3. The first kappa shape index (κ1) is 16.8. The van der Waals surface area contributed by atoms with Crippen molar-refractivity contribution in [3.8, 4) is 5.75 Å². The molecular formula is C18H28N2O2. The fourth-order valence-corrected chi connectivity index (χ4v) is 2.91. The van der Waals surface area contributed by atoms with E-state index in [9.17, 15) is 4.79 Å². The van der Waals surface area contributed by atoms with Gasteiger partial charge in [-0.1, -0.05) is 19.9 Å². The number of carbonyl (C=O) groups is 1. The molecule has 1 amide bonds. The molecule has 2 rings (SSSR count). The quantitative estimate of drug-likeness (QED) is 0.895. The smallest absolute Gasteiger partial charge is 0.220 e. The van der Waals surface area contributed by atoms with Gasteiger partial charge >= 0.3 is 0 Å². The average Bonchev–Trinajstić information content (AvgIpc) is 2.35. The number of ether oxygens (including phenoxy) is 1. The number of rotatable bonds is 4. The normalized spacial score (nSPS) is 21.0. The van der Waals surface area contributed by atoms with Gasteiger partial charge in [-0.3, -0.25) is 4.79 Å². The van der Waals surface area contributed by atoms with Gasteiger partial charge in [-0.2, -0.15) is 0 Å². The molecule has 4 nitrogen and oxygen atoms in total. The number of fused-ring (bicyclic) bond motifs is 1. The monoisotopic (exact) mass is 304 g/mol. The summed E-state index contributed by atoms with van der Waals surface area (Å²) in [5.41, 5.74) is 7.79. The first-order valence-electron chi connectivity index (χ1n) is 8.06. The van der Waals surface area contributed by atoms with Gasteiger partial charge in [0.1, 0.15) is 11.4 Å². The maximum Gasteiger partial charge on any atom is 0.220 e. The number of nitrogens with two attached hydrogens (primary N) is 1. The van der Waals surface area contributed by atoms with E-state index in [2.05, 4.69) is 39.1 Å². The van der Waals surface area contributed by atoms with Crippen molar-refractivity contribution in [3.05, 3.63) is 29.3 Å². The fourth-order valence-electron chi connectivity index (χ4n) is 2.91. The van der Waals surface area contributed by atoms with Crippen LogP contribution in [0.2, 0.25) is 0 Å². The van der Waals surface area contributed by atoms with Gasteiger partial charge in [-0.15, -0.1) is 0 Å². The summed E-state index contributed by atoms with van der Waals surface area (Å²) < 4.78 is 6.05. The van der Waals surface area contributed by atoms with E-state index >= 15 is 0 Å². The molecule has 122 valence electrons. The number of hydrogen-bond donors (Lipinski definition) is 2. The minimum Gasteiger partial charge on any atom is -0.487 e. The number of nitrogens with one attached hydrogen (secondary N) is 1. The van der Waals surface area contributed by atoms with E-state index in [1.54, 1.807) is 0 Å². The molecule has 2 atom stereocenters. The molecule has 1 heterocycles. The molecular weight excluding hydrogens is 276 g/mol. The Morgan fingerprint density at radius 1 is 1.41 bits per heavy atom. The van der Waals surface area contributed by atoms with Crippen LogP contribution in [0.1, 0.15) is 70.7 Å². The molecule has 0 saturated heterocycles. The van der Waals surface area contributed by atoms with Crippen molar-refractivity contribution in [3.63, 3.8) is 0 Å². The molecule has 1 aliphatic heterocycles. The molecule has 2 unspecified atom stereocenters. The number of hydrogen-bond acceptors (Lipinski definition) is 3. The van der Waals surface area contributed by atoms with E-state index in [1.807, 2.05) is 19.1 Å². The van der Waals surface area contributed by atoms with Crippen LogP contribution < -0.4 is 15.8 Å². The summed E-state index contributed by atoms with van der Waals surface area (Å²) in [4.78, 5) is 12.2. The van der Waals surface area contributed by atoms with Crippen molar-refractivity contribution in [2.45, 2.75) is 65.1 Å². The maximum absolute atomic E-state index is 12.2. The van der Waals surface area contributed by atoms with Crippen LogP contribution >= 0.6 is 0 Å². The Morgan fingerprint density at radius 2 is 2.09 bits per heavy atom. The molecule has 1 aromatic carbocycles. The van der Waals surface area contributed by atoms with Gasteiger partial charge in [0.05, 0.1) is 6.04 Å².